The normalized spacial score (nSPS) is 11.6. The molecule has 0 heterocycles. The summed E-state index contributed by atoms with van der Waals surface area (Å²) in [5.74, 6) is -1.67. The molecular formula is C15H20N2O4. The molecule has 0 aliphatic heterocycles. The summed E-state index contributed by atoms with van der Waals surface area (Å²) < 4.78 is 0. The fourth-order valence-corrected chi connectivity index (χ4v) is 1.80. The highest BCUT2D eigenvalue weighted by Gasteiger charge is 2.16. The Labute approximate surface area is 123 Å². The first kappa shape index (κ1) is 16.7. The average Bonchev–Trinajstić information content (AvgIpc) is 2.48. The quantitative estimate of drug-likeness (QED) is 0.829. The van der Waals surface area contributed by atoms with E-state index in [9.17, 15) is 14.4 Å². The predicted molar refractivity (Wildman–Crippen MR) is 78.3 cm³/mol. The van der Waals surface area contributed by atoms with E-state index in [2.05, 4.69) is 5.32 Å². The molecule has 2 N–H and O–H groups in total. The minimum atomic E-state index is -1.10. The van der Waals surface area contributed by atoms with Crippen molar-refractivity contribution in [1.82, 2.24) is 10.2 Å². The van der Waals surface area contributed by atoms with Gasteiger partial charge in [-0.05, 0) is 45.0 Å². The monoisotopic (exact) mass is 292 g/mol. The highest BCUT2D eigenvalue weighted by Crippen LogP contribution is 2.08. The van der Waals surface area contributed by atoms with Crippen LogP contribution >= 0.6 is 0 Å². The maximum Gasteiger partial charge on any atom is 0.325 e. The zero-order valence-electron chi connectivity index (χ0n) is 12.4. The molecule has 6 heteroatoms. The van der Waals surface area contributed by atoms with Crippen LogP contribution in [0.2, 0.25) is 0 Å². The number of carbonyl (C=O) groups is 3. The van der Waals surface area contributed by atoms with Gasteiger partial charge < -0.3 is 15.3 Å². The van der Waals surface area contributed by atoms with Crippen molar-refractivity contribution in [2.24, 2.45) is 0 Å². The Morgan fingerprint density at radius 1 is 1.10 bits per heavy atom. The van der Waals surface area contributed by atoms with E-state index in [1.54, 1.807) is 17.0 Å². The van der Waals surface area contributed by atoms with Crippen LogP contribution < -0.4 is 5.32 Å². The van der Waals surface area contributed by atoms with Crippen molar-refractivity contribution in [3.05, 3.63) is 35.4 Å². The van der Waals surface area contributed by atoms with Crippen LogP contribution in [0.1, 0.15) is 41.5 Å². The van der Waals surface area contributed by atoms with Crippen LogP contribution in [-0.2, 0) is 4.79 Å². The van der Waals surface area contributed by atoms with Gasteiger partial charge >= 0.3 is 5.97 Å². The molecule has 114 valence electrons. The van der Waals surface area contributed by atoms with E-state index in [4.69, 9.17) is 5.11 Å². The molecule has 2 amide bonds. The van der Waals surface area contributed by atoms with Crippen molar-refractivity contribution in [3.63, 3.8) is 0 Å². The second-order valence-corrected chi connectivity index (χ2v) is 4.59. The van der Waals surface area contributed by atoms with Crippen molar-refractivity contribution in [2.75, 3.05) is 13.1 Å². The molecule has 1 aromatic carbocycles. The van der Waals surface area contributed by atoms with Crippen molar-refractivity contribution in [2.45, 2.75) is 26.8 Å². The standard InChI is InChI=1S/C15H20N2O4/c1-4-17(5-2)14(19)12-8-6-11(7-9-12)13(18)16-10(3)15(20)21/h6-10H,4-5H2,1-3H3,(H,16,18)(H,20,21). The van der Waals surface area contributed by atoms with Gasteiger partial charge in [-0.25, -0.2) is 0 Å². The van der Waals surface area contributed by atoms with Crippen LogP contribution in [0.15, 0.2) is 24.3 Å². The molecule has 0 bridgehead atoms. The lowest BCUT2D eigenvalue weighted by atomic mass is 10.1. The van der Waals surface area contributed by atoms with Gasteiger partial charge in [0.2, 0.25) is 0 Å². The van der Waals surface area contributed by atoms with E-state index in [-0.39, 0.29) is 5.91 Å². The zero-order chi connectivity index (χ0) is 16.0. The molecule has 0 aliphatic rings. The third-order valence-electron chi connectivity index (χ3n) is 3.16. The van der Waals surface area contributed by atoms with Gasteiger partial charge in [-0.3, -0.25) is 14.4 Å². The number of benzene rings is 1. The van der Waals surface area contributed by atoms with Crippen LogP contribution in [0.25, 0.3) is 0 Å². The number of carboxylic acids is 1. The number of aliphatic carboxylic acids is 1. The van der Waals surface area contributed by atoms with E-state index in [1.165, 1.54) is 19.1 Å². The summed E-state index contributed by atoms with van der Waals surface area (Å²) in [7, 11) is 0. The highest BCUT2D eigenvalue weighted by atomic mass is 16.4. The Hall–Kier alpha value is -2.37. The molecule has 0 saturated heterocycles. The Balaban J connectivity index is 2.80. The lowest BCUT2D eigenvalue weighted by Gasteiger charge is -2.18. The zero-order valence-corrected chi connectivity index (χ0v) is 12.4. The van der Waals surface area contributed by atoms with Gasteiger partial charge in [0.1, 0.15) is 6.04 Å². The smallest absolute Gasteiger partial charge is 0.325 e. The number of carboxylic acid groups (broad SMARTS) is 1. The van der Waals surface area contributed by atoms with Gasteiger partial charge in [0.05, 0.1) is 0 Å². The first-order valence-corrected chi connectivity index (χ1v) is 6.83. The highest BCUT2D eigenvalue weighted by molar-refractivity contribution is 5.99. The van der Waals surface area contributed by atoms with Crippen molar-refractivity contribution >= 4 is 17.8 Å². The summed E-state index contributed by atoms with van der Waals surface area (Å²) in [6, 6.07) is 5.21. The van der Waals surface area contributed by atoms with E-state index >= 15 is 0 Å². The topological polar surface area (TPSA) is 86.7 Å². The fourth-order valence-electron chi connectivity index (χ4n) is 1.80. The lowest BCUT2D eigenvalue weighted by Crippen LogP contribution is -2.38. The Kier molecular flexibility index (Phi) is 5.90. The second-order valence-electron chi connectivity index (χ2n) is 4.59. The fraction of sp³-hybridized carbons (Fsp3) is 0.400. The predicted octanol–water partition coefficient (Wildman–Crippen LogP) is 1.37. The van der Waals surface area contributed by atoms with Crippen LogP contribution in [0.5, 0.6) is 0 Å². The first-order chi connectivity index (χ1) is 9.90. The number of amides is 2. The SMILES string of the molecule is CCN(CC)C(=O)c1ccc(C(=O)NC(C)C(=O)O)cc1. The molecule has 0 aromatic heterocycles. The molecular weight excluding hydrogens is 272 g/mol. The second kappa shape index (κ2) is 7.42. The Morgan fingerprint density at radius 2 is 1.57 bits per heavy atom. The van der Waals surface area contributed by atoms with Gasteiger partial charge in [0, 0.05) is 24.2 Å². The molecule has 0 saturated carbocycles. The van der Waals surface area contributed by atoms with Gasteiger partial charge in [0.25, 0.3) is 11.8 Å². The molecule has 0 radical (unpaired) electrons. The maximum absolute atomic E-state index is 12.1. The van der Waals surface area contributed by atoms with Gasteiger partial charge in [-0.15, -0.1) is 0 Å². The molecule has 1 aromatic rings. The molecule has 0 fully saturated rings. The minimum Gasteiger partial charge on any atom is -0.480 e. The molecule has 6 nitrogen and oxygen atoms in total. The Bertz CT molecular complexity index is 521. The number of nitrogens with zero attached hydrogens (tertiary/aromatic N) is 1. The van der Waals surface area contributed by atoms with E-state index in [0.717, 1.165) is 0 Å². The van der Waals surface area contributed by atoms with E-state index < -0.39 is 17.9 Å². The summed E-state index contributed by atoms with van der Waals surface area (Å²) in [4.78, 5) is 36.3. The van der Waals surface area contributed by atoms with E-state index in [0.29, 0.717) is 24.2 Å². The van der Waals surface area contributed by atoms with Gasteiger partial charge in [-0.2, -0.15) is 0 Å². The summed E-state index contributed by atoms with van der Waals surface area (Å²) in [6.07, 6.45) is 0. The van der Waals surface area contributed by atoms with E-state index in [1.807, 2.05) is 13.8 Å². The van der Waals surface area contributed by atoms with Crippen molar-refractivity contribution < 1.29 is 19.5 Å². The van der Waals surface area contributed by atoms with Crippen LogP contribution in [0, 0.1) is 0 Å². The molecule has 1 rings (SSSR count). The van der Waals surface area contributed by atoms with Gasteiger partial charge in [-0.1, -0.05) is 0 Å². The van der Waals surface area contributed by atoms with Gasteiger partial charge in [0.15, 0.2) is 0 Å². The summed E-state index contributed by atoms with van der Waals surface area (Å²) in [5.41, 5.74) is 0.820. The third kappa shape index (κ3) is 4.30. The van der Waals surface area contributed by atoms with Crippen LogP contribution in [0.3, 0.4) is 0 Å². The molecule has 21 heavy (non-hydrogen) atoms. The Morgan fingerprint density at radius 3 is 2.00 bits per heavy atom. The summed E-state index contributed by atoms with van der Waals surface area (Å²) in [5, 5.41) is 11.1. The largest absolute Gasteiger partial charge is 0.480 e. The summed E-state index contributed by atoms with van der Waals surface area (Å²) >= 11 is 0. The number of hydrogen-bond donors (Lipinski definition) is 2. The van der Waals surface area contributed by atoms with Crippen molar-refractivity contribution in [1.29, 1.82) is 0 Å². The summed E-state index contributed by atoms with van der Waals surface area (Å²) in [6.45, 7) is 6.42. The lowest BCUT2D eigenvalue weighted by molar-refractivity contribution is -0.138. The average molecular weight is 292 g/mol. The number of hydrogen-bond acceptors (Lipinski definition) is 3. The molecule has 0 aliphatic carbocycles. The molecule has 1 atom stereocenters. The maximum atomic E-state index is 12.1. The van der Waals surface area contributed by atoms with Crippen LogP contribution in [0.4, 0.5) is 0 Å². The molecule has 1 unspecified atom stereocenters. The van der Waals surface area contributed by atoms with Crippen molar-refractivity contribution in [3.8, 4) is 0 Å². The first-order valence-electron chi connectivity index (χ1n) is 6.83. The number of nitrogens with one attached hydrogen (secondary N) is 1. The third-order valence-corrected chi connectivity index (χ3v) is 3.16. The number of carbonyl (C=O) groups excluding carboxylic acids is 2. The van der Waals surface area contributed by atoms with Crippen LogP contribution in [-0.4, -0.2) is 46.9 Å². The minimum absolute atomic E-state index is 0.0918. The molecule has 0 spiro atoms. The number of rotatable bonds is 6.